The van der Waals surface area contributed by atoms with Crippen LogP contribution in [0.3, 0.4) is 0 Å². The van der Waals surface area contributed by atoms with Crippen LogP contribution in [0.2, 0.25) is 0 Å². The molecule has 0 aliphatic rings. The Morgan fingerprint density at radius 1 is 1.10 bits per heavy atom. The molecule has 0 fully saturated rings. The van der Waals surface area contributed by atoms with Crippen LogP contribution in [0.15, 0.2) is 65.9 Å². The molecular formula is C22H28N6O. The molecule has 7 nitrogen and oxygen atoms in total. The second-order valence-electron chi connectivity index (χ2n) is 6.77. The van der Waals surface area contributed by atoms with Crippen molar-refractivity contribution in [3.05, 3.63) is 72.3 Å². The smallest absolute Gasteiger partial charge is 0.191 e. The van der Waals surface area contributed by atoms with E-state index in [1.165, 1.54) is 5.56 Å². The van der Waals surface area contributed by atoms with Crippen LogP contribution in [0.5, 0.6) is 5.75 Å². The summed E-state index contributed by atoms with van der Waals surface area (Å²) in [5.41, 5.74) is 2.33. The molecule has 0 spiro atoms. The molecular weight excluding hydrogens is 364 g/mol. The molecule has 0 saturated carbocycles. The van der Waals surface area contributed by atoms with Gasteiger partial charge in [0.15, 0.2) is 11.8 Å². The molecule has 2 N–H and O–H groups in total. The maximum Gasteiger partial charge on any atom is 0.191 e. The minimum Gasteiger partial charge on any atom is -0.497 e. The Morgan fingerprint density at radius 3 is 2.55 bits per heavy atom. The zero-order valence-electron chi connectivity index (χ0n) is 17.2. The summed E-state index contributed by atoms with van der Waals surface area (Å²) in [5, 5.41) is 14.9. The van der Waals surface area contributed by atoms with E-state index >= 15 is 0 Å². The van der Waals surface area contributed by atoms with E-state index in [0.717, 1.165) is 36.2 Å². The standard InChI is InChI=1S/C22H28N6O/c1-17(18-9-11-20(29-3)12-10-18)13-14-24-22(23-2)25-15-21-27-26-16-28(21)19-7-5-4-6-8-19/h4-12,16-17H,13-15H2,1-3H3,(H2,23,24,25). The van der Waals surface area contributed by atoms with Gasteiger partial charge in [0.2, 0.25) is 0 Å². The molecule has 29 heavy (non-hydrogen) atoms. The Hall–Kier alpha value is -3.35. The molecule has 152 valence electrons. The Bertz CT molecular complexity index is 905. The number of hydrogen-bond donors (Lipinski definition) is 2. The maximum atomic E-state index is 5.22. The summed E-state index contributed by atoms with van der Waals surface area (Å²) < 4.78 is 7.19. The van der Waals surface area contributed by atoms with E-state index in [0.29, 0.717) is 12.5 Å². The normalized spacial score (nSPS) is 12.4. The van der Waals surface area contributed by atoms with Crippen molar-refractivity contribution in [3.63, 3.8) is 0 Å². The van der Waals surface area contributed by atoms with E-state index < -0.39 is 0 Å². The first-order valence-electron chi connectivity index (χ1n) is 9.74. The van der Waals surface area contributed by atoms with Crippen molar-refractivity contribution in [2.75, 3.05) is 20.7 Å². The monoisotopic (exact) mass is 392 g/mol. The van der Waals surface area contributed by atoms with Crippen molar-refractivity contribution < 1.29 is 4.74 Å². The summed E-state index contributed by atoms with van der Waals surface area (Å²) in [7, 11) is 3.45. The molecule has 0 saturated heterocycles. The van der Waals surface area contributed by atoms with Crippen LogP contribution < -0.4 is 15.4 Å². The van der Waals surface area contributed by atoms with Gasteiger partial charge in [-0.05, 0) is 42.2 Å². The molecule has 0 aliphatic carbocycles. The van der Waals surface area contributed by atoms with E-state index in [4.69, 9.17) is 4.74 Å². The first-order valence-corrected chi connectivity index (χ1v) is 9.74. The number of methoxy groups -OCH3 is 1. The van der Waals surface area contributed by atoms with Gasteiger partial charge < -0.3 is 15.4 Å². The molecule has 1 aromatic heterocycles. The fourth-order valence-electron chi connectivity index (χ4n) is 3.07. The molecule has 1 atom stereocenters. The number of benzene rings is 2. The van der Waals surface area contributed by atoms with E-state index in [9.17, 15) is 0 Å². The lowest BCUT2D eigenvalue weighted by Gasteiger charge is -2.15. The van der Waals surface area contributed by atoms with Gasteiger partial charge in [-0.1, -0.05) is 37.3 Å². The van der Waals surface area contributed by atoms with Crippen LogP contribution in [0.1, 0.15) is 30.7 Å². The molecule has 2 aromatic carbocycles. The van der Waals surface area contributed by atoms with Gasteiger partial charge in [-0.15, -0.1) is 10.2 Å². The minimum absolute atomic E-state index is 0.438. The number of aromatic nitrogens is 3. The van der Waals surface area contributed by atoms with Crippen LogP contribution in [-0.4, -0.2) is 41.4 Å². The predicted octanol–water partition coefficient (Wildman–Crippen LogP) is 3.13. The molecule has 0 amide bonds. The Morgan fingerprint density at radius 2 is 1.86 bits per heavy atom. The van der Waals surface area contributed by atoms with Gasteiger partial charge in [0.1, 0.15) is 12.1 Å². The van der Waals surface area contributed by atoms with Gasteiger partial charge in [0.25, 0.3) is 0 Å². The lowest BCUT2D eigenvalue weighted by atomic mass is 9.98. The Balaban J connectivity index is 1.48. The highest BCUT2D eigenvalue weighted by atomic mass is 16.5. The van der Waals surface area contributed by atoms with Gasteiger partial charge in [0, 0.05) is 19.3 Å². The number of rotatable bonds is 8. The fraction of sp³-hybridized carbons (Fsp3) is 0.318. The molecule has 1 unspecified atom stereocenters. The van der Waals surface area contributed by atoms with E-state index in [1.54, 1.807) is 20.5 Å². The number of nitrogens with one attached hydrogen (secondary N) is 2. The molecule has 3 rings (SSSR count). The second-order valence-corrected chi connectivity index (χ2v) is 6.77. The van der Waals surface area contributed by atoms with Crippen molar-refractivity contribution in [3.8, 4) is 11.4 Å². The van der Waals surface area contributed by atoms with E-state index in [1.807, 2.05) is 47.0 Å². The predicted molar refractivity (Wildman–Crippen MR) is 116 cm³/mol. The number of guanidine groups is 1. The quantitative estimate of drug-likeness (QED) is 0.455. The average molecular weight is 393 g/mol. The van der Waals surface area contributed by atoms with Gasteiger partial charge in [-0.2, -0.15) is 0 Å². The van der Waals surface area contributed by atoms with Crippen LogP contribution in [0.4, 0.5) is 0 Å². The van der Waals surface area contributed by atoms with Crippen molar-refractivity contribution in [2.45, 2.75) is 25.8 Å². The number of nitrogens with zero attached hydrogens (tertiary/aromatic N) is 4. The first-order chi connectivity index (χ1) is 14.2. The SMILES string of the molecule is CN=C(NCCC(C)c1ccc(OC)cc1)NCc1nncn1-c1ccccc1. The first kappa shape index (κ1) is 20.4. The highest BCUT2D eigenvalue weighted by Gasteiger charge is 2.09. The summed E-state index contributed by atoms with van der Waals surface area (Å²) in [5.74, 6) is 2.89. The molecule has 1 heterocycles. The van der Waals surface area contributed by atoms with Gasteiger partial charge in [0.05, 0.1) is 13.7 Å². The van der Waals surface area contributed by atoms with Crippen molar-refractivity contribution in [1.29, 1.82) is 0 Å². The zero-order chi connectivity index (χ0) is 20.5. The summed E-state index contributed by atoms with van der Waals surface area (Å²) >= 11 is 0. The second kappa shape index (κ2) is 10.3. The molecule has 7 heteroatoms. The third-order valence-corrected chi connectivity index (χ3v) is 4.84. The minimum atomic E-state index is 0.438. The number of para-hydroxylation sites is 1. The summed E-state index contributed by atoms with van der Waals surface area (Å²) in [6.07, 6.45) is 2.71. The van der Waals surface area contributed by atoms with E-state index in [-0.39, 0.29) is 0 Å². The molecule has 3 aromatic rings. The van der Waals surface area contributed by atoms with Crippen molar-refractivity contribution >= 4 is 5.96 Å². The Labute approximate surface area is 171 Å². The van der Waals surface area contributed by atoms with Gasteiger partial charge in [-0.3, -0.25) is 9.56 Å². The molecule has 0 aliphatic heterocycles. The largest absolute Gasteiger partial charge is 0.497 e. The van der Waals surface area contributed by atoms with Crippen LogP contribution in [-0.2, 0) is 6.54 Å². The van der Waals surface area contributed by atoms with Crippen LogP contribution >= 0.6 is 0 Å². The highest BCUT2D eigenvalue weighted by molar-refractivity contribution is 5.79. The van der Waals surface area contributed by atoms with Crippen molar-refractivity contribution in [1.82, 2.24) is 25.4 Å². The van der Waals surface area contributed by atoms with E-state index in [2.05, 4.69) is 44.9 Å². The highest BCUT2D eigenvalue weighted by Crippen LogP contribution is 2.21. The van der Waals surface area contributed by atoms with Crippen LogP contribution in [0, 0.1) is 0 Å². The summed E-state index contributed by atoms with van der Waals surface area (Å²) in [6, 6.07) is 18.3. The summed E-state index contributed by atoms with van der Waals surface area (Å²) in [6.45, 7) is 3.57. The zero-order valence-corrected chi connectivity index (χ0v) is 17.2. The van der Waals surface area contributed by atoms with Gasteiger partial charge >= 0.3 is 0 Å². The number of ether oxygens (including phenoxy) is 1. The lowest BCUT2D eigenvalue weighted by molar-refractivity contribution is 0.414. The fourth-order valence-corrected chi connectivity index (χ4v) is 3.07. The average Bonchev–Trinajstić information content (AvgIpc) is 3.25. The molecule has 0 radical (unpaired) electrons. The molecule has 0 bridgehead atoms. The third-order valence-electron chi connectivity index (χ3n) is 4.84. The number of hydrogen-bond acceptors (Lipinski definition) is 4. The topological polar surface area (TPSA) is 76.4 Å². The maximum absolute atomic E-state index is 5.22. The lowest BCUT2D eigenvalue weighted by Crippen LogP contribution is -2.38. The van der Waals surface area contributed by atoms with Gasteiger partial charge in [-0.25, -0.2) is 0 Å². The third kappa shape index (κ3) is 5.57. The number of aliphatic imine (C=N–C) groups is 1. The van der Waals surface area contributed by atoms with Crippen molar-refractivity contribution in [2.24, 2.45) is 4.99 Å². The van der Waals surface area contributed by atoms with Crippen LogP contribution in [0.25, 0.3) is 5.69 Å². The Kier molecular flexibility index (Phi) is 7.22. The summed E-state index contributed by atoms with van der Waals surface area (Å²) in [4.78, 5) is 4.30.